The zero-order valence-corrected chi connectivity index (χ0v) is 16.3. The Morgan fingerprint density at radius 2 is 1.79 bits per heavy atom. The number of halogens is 1. The number of carbonyl (C=O) groups is 1. The molecule has 6 heteroatoms. The summed E-state index contributed by atoms with van der Waals surface area (Å²) in [4.78, 5) is 14.5. The molecule has 3 aromatic rings. The van der Waals surface area contributed by atoms with E-state index in [9.17, 15) is 9.18 Å². The van der Waals surface area contributed by atoms with Crippen molar-refractivity contribution in [2.45, 2.75) is 33.4 Å². The summed E-state index contributed by atoms with van der Waals surface area (Å²) in [6.45, 7) is 6.78. The molecule has 0 radical (unpaired) electrons. The van der Waals surface area contributed by atoms with Gasteiger partial charge >= 0.3 is 0 Å². The monoisotopic (exact) mass is 381 g/mol. The van der Waals surface area contributed by atoms with Crippen LogP contribution in [0.3, 0.4) is 0 Å². The predicted octanol–water partition coefficient (Wildman–Crippen LogP) is 4.85. The molecule has 5 nitrogen and oxygen atoms in total. The number of nitrogens with zero attached hydrogens (tertiary/aromatic N) is 3. The minimum Gasteiger partial charge on any atom is -0.487 e. The molecule has 1 aliphatic rings. The molecule has 0 aliphatic carbocycles. The lowest BCUT2D eigenvalue weighted by atomic mass is 10.1. The summed E-state index contributed by atoms with van der Waals surface area (Å²) in [7, 11) is 0. The smallest absolute Gasteiger partial charge is 0.276 e. The van der Waals surface area contributed by atoms with Gasteiger partial charge in [-0.1, -0.05) is 32.0 Å². The van der Waals surface area contributed by atoms with Gasteiger partial charge in [-0.3, -0.25) is 9.48 Å². The molecule has 1 aliphatic heterocycles. The number of rotatable bonds is 4. The number of amides is 1. The van der Waals surface area contributed by atoms with Crippen LogP contribution in [-0.2, 0) is 6.61 Å². The zero-order valence-electron chi connectivity index (χ0n) is 16.3. The summed E-state index contributed by atoms with van der Waals surface area (Å²) >= 11 is 0. The topological polar surface area (TPSA) is 47.4 Å². The fraction of sp³-hybridized carbons (Fsp3) is 0.273. The van der Waals surface area contributed by atoms with Crippen LogP contribution in [0.5, 0.6) is 5.75 Å². The van der Waals surface area contributed by atoms with Crippen molar-refractivity contribution in [1.82, 2.24) is 9.78 Å². The molecule has 0 saturated heterocycles. The average molecular weight is 381 g/mol. The summed E-state index contributed by atoms with van der Waals surface area (Å²) in [5, 5.41) is 4.52. The minimum atomic E-state index is -0.323. The Morgan fingerprint density at radius 1 is 1.11 bits per heavy atom. The van der Waals surface area contributed by atoms with Gasteiger partial charge in [-0.05, 0) is 49.4 Å². The Balaban J connectivity index is 0.00000109. The van der Waals surface area contributed by atoms with Crippen LogP contribution in [0, 0.1) is 5.82 Å². The molecule has 2 aromatic carbocycles. The fourth-order valence-corrected chi connectivity index (χ4v) is 3.09. The second kappa shape index (κ2) is 8.69. The van der Waals surface area contributed by atoms with Gasteiger partial charge in [0.1, 0.15) is 29.6 Å². The summed E-state index contributed by atoms with van der Waals surface area (Å²) < 4.78 is 20.6. The van der Waals surface area contributed by atoms with Gasteiger partial charge in [0.2, 0.25) is 0 Å². The van der Waals surface area contributed by atoms with E-state index in [1.807, 2.05) is 51.1 Å². The van der Waals surface area contributed by atoms with Crippen LogP contribution in [0.1, 0.15) is 43.0 Å². The third-order valence-electron chi connectivity index (χ3n) is 4.38. The van der Waals surface area contributed by atoms with Gasteiger partial charge in [-0.15, -0.1) is 0 Å². The molecule has 1 aromatic heterocycles. The number of hydrogen-bond donors (Lipinski definition) is 0. The molecule has 0 saturated carbocycles. The van der Waals surface area contributed by atoms with Crippen LogP contribution in [0.15, 0.2) is 60.7 Å². The number of carbonyl (C=O) groups excluding carboxylic acids is 1. The molecule has 1 unspecified atom stereocenters. The first kappa shape index (κ1) is 19.6. The van der Waals surface area contributed by atoms with Crippen LogP contribution in [0.2, 0.25) is 0 Å². The van der Waals surface area contributed by atoms with Crippen LogP contribution in [-0.4, -0.2) is 22.2 Å². The van der Waals surface area contributed by atoms with Crippen molar-refractivity contribution < 1.29 is 13.9 Å². The molecule has 1 amide bonds. The normalized spacial score (nSPS) is 15.5. The molecule has 1 atom stereocenters. The maximum Gasteiger partial charge on any atom is 0.276 e. The lowest BCUT2D eigenvalue weighted by molar-refractivity contribution is 0.0953. The second-order valence-corrected chi connectivity index (χ2v) is 6.31. The van der Waals surface area contributed by atoms with Crippen molar-refractivity contribution >= 4 is 11.6 Å². The van der Waals surface area contributed by atoms with E-state index in [4.69, 9.17) is 4.74 Å². The van der Waals surface area contributed by atoms with E-state index in [0.717, 1.165) is 5.75 Å². The van der Waals surface area contributed by atoms with Gasteiger partial charge in [0.15, 0.2) is 0 Å². The maximum absolute atomic E-state index is 13.2. The molecular formula is C22H24FN3O2. The lowest BCUT2D eigenvalue weighted by Crippen LogP contribution is -2.42. The third kappa shape index (κ3) is 4.06. The first-order chi connectivity index (χ1) is 13.6. The number of benzene rings is 2. The molecule has 4 rings (SSSR count). The van der Waals surface area contributed by atoms with Crippen molar-refractivity contribution in [2.24, 2.45) is 0 Å². The van der Waals surface area contributed by atoms with Gasteiger partial charge < -0.3 is 9.64 Å². The van der Waals surface area contributed by atoms with E-state index in [1.54, 1.807) is 27.8 Å². The molecule has 28 heavy (non-hydrogen) atoms. The average Bonchev–Trinajstić information content (AvgIpc) is 3.18. The molecule has 0 spiro atoms. The highest BCUT2D eigenvalue weighted by atomic mass is 19.1. The molecule has 146 valence electrons. The van der Waals surface area contributed by atoms with Crippen molar-refractivity contribution in [3.8, 4) is 5.75 Å². The highest BCUT2D eigenvalue weighted by Gasteiger charge is 2.31. The molecule has 2 heterocycles. The van der Waals surface area contributed by atoms with Gasteiger partial charge in [-0.2, -0.15) is 5.10 Å². The lowest BCUT2D eigenvalue weighted by Gasteiger charge is -2.31. The van der Waals surface area contributed by atoms with Crippen molar-refractivity contribution in [3.05, 3.63) is 77.9 Å². The van der Waals surface area contributed by atoms with Crippen molar-refractivity contribution in [2.75, 3.05) is 11.4 Å². The van der Waals surface area contributed by atoms with Crippen LogP contribution < -0.4 is 9.64 Å². The second-order valence-electron chi connectivity index (χ2n) is 6.31. The Labute approximate surface area is 164 Å². The van der Waals surface area contributed by atoms with Gasteiger partial charge in [0, 0.05) is 12.2 Å². The molecular weight excluding hydrogens is 357 g/mol. The van der Waals surface area contributed by atoms with Crippen molar-refractivity contribution in [3.63, 3.8) is 0 Å². The molecule has 0 bridgehead atoms. The number of hydrogen-bond acceptors (Lipinski definition) is 3. The SMILES string of the molecule is CC.CC1CN(c2ccc(F)cc2)C(=O)c2cc(COc3ccccc3)nn21. The fourth-order valence-electron chi connectivity index (χ4n) is 3.09. The number of para-hydroxylation sites is 1. The predicted molar refractivity (Wildman–Crippen MR) is 107 cm³/mol. The van der Waals surface area contributed by atoms with E-state index >= 15 is 0 Å². The van der Waals surface area contributed by atoms with Gasteiger partial charge in [0.25, 0.3) is 5.91 Å². The van der Waals surface area contributed by atoms with Crippen LogP contribution in [0.25, 0.3) is 0 Å². The largest absolute Gasteiger partial charge is 0.487 e. The molecule has 0 fully saturated rings. The minimum absolute atomic E-state index is 0.0122. The van der Waals surface area contributed by atoms with E-state index in [0.29, 0.717) is 30.2 Å². The standard InChI is InChI=1S/C20H18FN3O2.C2H6/c1-14-12-23(17-9-7-15(21)8-10-17)20(25)19-11-16(22-24(14)19)13-26-18-5-3-2-4-6-18;1-2/h2-11,14H,12-13H2,1H3;1-2H3. The summed E-state index contributed by atoms with van der Waals surface area (Å²) in [6.07, 6.45) is 0. The van der Waals surface area contributed by atoms with Crippen LogP contribution >= 0.6 is 0 Å². The highest BCUT2D eigenvalue weighted by molar-refractivity contribution is 6.05. The van der Waals surface area contributed by atoms with Crippen LogP contribution in [0.4, 0.5) is 10.1 Å². The van der Waals surface area contributed by atoms with Gasteiger partial charge in [-0.25, -0.2) is 4.39 Å². The quantitative estimate of drug-likeness (QED) is 0.649. The maximum atomic E-state index is 13.2. The highest BCUT2D eigenvalue weighted by Crippen LogP contribution is 2.27. The first-order valence-electron chi connectivity index (χ1n) is 9.45. The van der Waals surface area contributed by atoms with Gasteiger partial charge in [0.05, 0.1) is 6.04 Å². The number of aromatic nitrogens is 2. The van der Waals surface area contributed by atoms with E-state index < -0.39 is 0 Å². The third-order valence-corrected chi connectivity index (χ3v) is 4.38. The van der Waals surface area contributed by atoms with E-state index in [-0.39, 0.29) is 17.8 Å². The Hall–Kier alpha value is -3.15. The van der Waals surface area contributed by atoms with E-state index in [1.165, 1.54) is 12.1 Å². The Kier molecular flexibility index (Phi) is 6.09. The number of fused-ring (bicyclic) bond motifs is 1. The Morgan fingerprint density at radius 3 is 2.46 bits per heavy atom. The summed E-state index contributed by atoms with van der Waals surface area (Å²) in [6, 6.07) is 17.2. The van der Waals surface area contributed by atoms with E-state index in [2.05, 4.69) is 5.10 Å². The zero-order chi connectivity index (χ0) is 20.1. The Bertz CT molecular complexity index is 923. The number of anilines is 1. The number of ether oxygens (including phenoxy) is 1. The summed E-state index contributed by atoms with van der Waals surface area (Å²) in [5.41, 5.74) is 1.89. The molecule has 0 N–H and O–H groups in total. The van der Waals surface area contributed by atoms with Crippen molar-refractivity contribution in [1.29, 1.82) is 0 Å². The summed E-state index contributed by atoms with van der Waals surface area (Å²) in [5.74, 6) is 0.288. The first-order valence-corrected chi connectivity index (χ1v) is 9.45.